The van der Waals surface area contributed by atoms with Crippen LogP contribution >= 0.6 is 11.3 Å². The summed E-state index contributed by atoms with van der Waals surface area (Å²) in [6, 6.07) is 10.8. The van der Waals surface area contributed by atoms with Gasteiger partial charge in [0.15, 0.2) is 0 Å². The number of hydrogen-bond acceptors (Lipinski definition) is 6. The van der Waals surface area contributed by atoms with Crippen LogP contribution in [0.25, 0.3) is 15.9 Å². The van der Waals surface area contributed by atoms with Gasteiger partial charge in [-0.1, -0.05) is 11.8 Å². The van der Waals surface area contributed by atoms with E-state index in [0.29, 0.717) is 35.1 Å². The zero-order chi connectivity index (χ0) is 23.3. The first-order valence-electron chi connectivity index (χ1n) is 12.2. The van der Waals surface area contributed by atoms with Gasteiger partial charge in [0, 0.05) is 12.1 Å². The smallest absolute Gasteiger partial charge is 0.275 e. The Morgan fingerprint density at radius 2 is 1.85 bits per heavy atom. The minimum absolute atomic E-state index is 0.108. The van der Waals surface area contributed by atoms with Gasteiger partial charge in [-0.3, -0.25) is 9.36 Å². The van der Waals surface area contributed by atoms with Crippen LogP contribution in [-0.2, 0) is 0 Å². The molecule has 0 amide bonds. The maximum Gasteiger partial charge on any atom is 0.275 e. The van der Waals surface area contributed by atoms with Crippen molar-refractivity contribution in [2.24, 2.45) is 0 Å². The summed E-state index contributed by atoms with van der Waals surface area (Å²) in [7, 11) is 2.23. The van der Waals surface area contributed by atoms with Gasteiger partial charge in [-0.2, -0.15) is 0 Å². The molecule has 1 saturated carbocycles. The minimum Gasteiger partial charge on any atom is -0.490 e. The average Bonchev–Trinajstić information content (AvgIpc) is 3.50. The number of ether oxygens (including phenoxy) is 1. The lowest BCUT2D eigenvalue weighted by Gasteiger charge is -2.36. The third kappa shape index (κ3) is 4.04. The van der Waals surface area contributed by atoms with Gasteiger partial charge in [0.05, 0.1) is 16.1 Å². The summed E-state index contributed by atoms with van der Waals surface area (Å²) in [5.74, 6) is 6.93. The lowest BCUT2D eigenvalue weighted by atomic mass is 10.0. The second kappa shape index (κ2) is 8.53. The highest BCUT2D eigenvalue weighted by Gasteiger charge is 2.39. The van der Waals surface area contributed by atoms with E-state index in [0.717, 1.165) is 42.0 Å². The highest BCUT2D eigenvalue weighted by Crippen LogP contribution is 2.36. The van der Waals surface area contributed by atoms with Crippen LogP contribution in [0.3, 0.4) is 0 Å². The van der Waals surface area contributed by atoms with Crippen molar-refractivity contribution in [2.45, 2.75) is 75.2 Å². The molecule has 3 aromatic rings. The molecule has 1 aromatic carbocycles. The highest BCUT2D eigenvalue weighted by atomic mass is 32.1. The largest absolute Gasteiger partial charge is 0.490 e. The molecule has 7 heteroatoms. The van der Waals surface area contributed by atoms with E-state index in [4.69, 9.17) is 4.74 Å². The van der Waals surface area contributed by atoms with Crippen molar-refractivity contribution in [3.8, 4) is 23.3 Å². The summed E-state index contributed by atoms with van der Waals surface area (Å²) in [5.41, 5.74) is 0.409. The van der Waals surface area contributed by atoms with Gasteiger partial charge in [-0.05, 0) is 88.7 Å². The van der Waals surface area contributed by atoms with Crippen molar-refractivity contribution in [2.75, 3.05) is 7.05 Å². The quantitative estimate of drug-likeness (QED) is 0.578. The van der Waals surface area contributed by atoms with E-state index >= 15 is 0 Å². The number of fused-ring (bicyclic) bond motifs is 3. The fourth-order valence-electron chi connectivity index (χ4n) is 5.76. The molecule has 0 radical (unpaired) electrons. The van der Waals surface area contributed by atoms with Crippen molar-refractivity contribution in [3.05, 3.63) is 51.9 Å². The van der Waals surface area contributed by atoms with Crippen LogP contribution in [0, 0.1) is 11.8 Å². The molecule has 3 aliphatic rings. The van der Waals surface area contributed by atoms with Crippen LogP contribution in [-0.4, -0.2) is 50.4 Å². The van der Waals surface area contributed by atoms with Gasteiger partial charge in [-0.15, -0.1) is 11.3 Å². The zero-order valence-electron chi connectivity index (χ0n) is 19.4. The molecule has 176 valence electrons. The van der Waals surface area contributed by atoms with Crippen molar-refractivity contribution < 1.29 is 9.84 Å². The number of nitrogens with zero attached hydrogens (tertiary/aromatic N) is 3. The van der Waals surface area contributed by atoms with Crippen LogP contribution in [0.4, 0.5) is 0 Å². The standard InChI is InChI=1S/C27H29N3O3S/c1-29-19-4-5-20(29)15-22(14-19)33-21-8-6-18(7-9-21)30-17-28-24-16-23(34-25(24)26(30)31)10-13-27(32)11-2-3-12-27/h6-9,16-17,19-20,22,32H,2-5,11-12,14-15H2,1H3/t19-,20+,22-. The molecule has 34 heavy (non-hydrogen) atoms. The van der Waals surface area contributed by atoms with Gasteiger partial charge in [0.1, 0.15) is 28.5 Å². The molecular weight excluding hydrogens is 446 g/mol. The predicted molar refractivity (Wildman–Crippen MR) is 134 cm³/mol. The van der Waals surface area contributed by atoms with E-state index in [1.165, 1.54) is 24.2 Å². The van der Waals surface area contributed by atoms with Crippen LogP contribution in [0.1, 0.15) is 56.2 Å². The number of aliphatic hydroxyl groups is 1. The first-order valence-corrected chi connectivity index (χ1v) is 13.0. The first-order chi connectivity index (χ1) is 16.5. The van der Waals surface area contributed by atoms with Crippen molar-refractivity contribution in [3.63, 3.8) is 0 Å². The number of rotatable bonds is 3. The second-order valence-corrected chi connectivity index (χ2v) is 11.0. The number of hydrogen-bond donors (Lipinski definition) is 1. The molecular formula is C27H29N3O3S. The Labute approximate surface area is 203 Å². The molecule has 1 N–H and O–H groups in total. The summed E-state index contributed by atoms with van der Waals surface area (Å²) < 4.78 is 8.44. The molecule has 6 nitrogen and oxygen atoms in total. The summed E-state index contributed by atoms with van der Waals surface area (Å²) in [6.07, 6.45) is 9.98. The number of aromatic nitrogens is 2. The van der Waals surface area contributed by atoms with E-state index < -0.39 is 5.60 Å². The lowest BCUT2D eigenvalue weighted by molar-refractivity contribution is 0.0662. The van der Waals surface area contributed by atoms with E-state index in [1.807, 2.05) is 30.3 Å². The molecule has 2 bridgehead atoms. The van der Waals surface area contributed by atoms with Gasteiger partial charge < -0.3 is 14.7 Å². The van der Waals surface area contributed by atoms with E-state index in [2.05, 4.69) is 28.8 Å². The summed E-state index contributed by atoms with van der Waals surface area (Å²) in [5, 5.41) is 10.5. The maximum atomic E-state index is 13.2. The third-order valence-corrected chi connectivity index (χ3v) is 8.79. The topological polar surface area (TPSA) is 67.6 Å². The summed E-state index contributed by atoms with van der Waals surface area (Å²) in [6.45, 7) is 0. The highest BCUT2D eigenvalue weighted by molar-refractivity contribution is 7.19. The monoisotopic (exact) mass is 475 g/mol. The molecule has 4 heterocycles. The molecule has 2 saturated heterocycles. The number of thiophene rings is 1. The minimum atomic E-state index is -0.888. The Morgan fingerprint density at radius 3 is 2.56 bits per heavy atom. The van der Waals surface area contributed by atoms with Crippen molar-refractivity contribution in [1.82, 2.24) is 14.5 Å². The van der Waals surface area contributed by atoms with Gasteiger partial charge >= 0.3 is 0 Å². The SMILES string of the molecule is CN1[C@@H]2CC[C@H]1C[C@H](Oc1ccc(-n3cnc4cc(C#CC5(O)CCCC5)sc4c3=O)cc1)C2. The summed E-state index contributed by atoms with van der Waals surface area (Å²) >= 11 is 1.34. The fraction of sp³-hybridized carbons (Fsp3) is 0.481. The molecule has 3 fully saturated rings. The third-order valence-electron chi connectivity index (χ3n) is 7.76. The molecule has 0 unspecified atom stereocenters. The van der Waals surface area contributed by atoms with E-state index in [1.54, 1.807) is 10.9 Å². The van der Waals surface area contributed by atoms with Crippen LogP contribution in [0.5, 0.6) is 5.75 Å². The van der Waals surface area contributed by atoms with Crippen LogP contribution < -0.4 is 10.3 Å². The normalized spacial score (nSPS) is 25.9. The molecule has 3 atom stereocenters. The second-order valence-electron chi connectivity index (χ2n) is 9.99. The first kappa shape index (κ1) is 21.8. The van der Waals surface area contributed by atoms with Gasteiger partial charge in [-0.25, -0.2) is 4.98 Å². The Bertz CT molecular complexity index is 1310. The average molecular weight is 476 g/mol. The van der Waals surface area contributed by atoms with Crippen molar-refractivity contribution >= 4 is 21.6 Å². The Kier molecular flexibility index (Phi) is 5.48. The van der Waals surface area contributed by atoms with Crippen molar-refractivity contribution in [1.29, 1.82) is 0 Å². The van der Waals surface area contributed by atoms with E-state index in [-0.39, 0.29) is 11.7 Å². The predicted octanol–water partition coefficient (Wildman–Crippen LogP) is 4.11. The molecule has 6 rings (SSSR count). The van der Waals surface area contributed by atoms with Gasteiger partial charge in [0.25, 0.3) is 5.56 Å². The Balaban J connectivity index is 1.20. The Morgan fingerprint density at radius 1 is 1.15 bits per heavy atom. The fourth-order valence-corrected chi connectivity index (χ4v) is 6.65. The Hall–Kier alpha value is -2.66. The molecule has 0 spiro atoms. The van der Waals surface area contributed by atoms with E-state index in [9.17, 15) is 9.90 Å². The molecule has 2 aromatic heterocycles. The van der Waals surface area contributed by atoms with Crippen LogP contribution in [0.15, 0.2) is 41.5 Å². The molecule has 2 aliphatic heterocycles. The number of benzene rings is 1. The zero-order valence-corrected chi connectivity index (χ0v) is 20.2. The maximum absolute atomic E-state index is 13.2. The number of piperidine rings is 1. The van der Waals surface area contributed by atoms with Gasteiger partial charge in [0.2, 0.25) is 0 Å². The summed E-state index contributed by atoms with van der Waals surface area (Å²) in [4.78, 5) is 20.9. The molecule has 1 aliphatic carbocycles. The lowest BCUT2D eigenvalue weighted by Crippen LogP contribution is -2.43. The van der Waals surface area contributed by atoms with Crippen LogP contribution in [0.2, 0.25) is 0 Å².